The number of pyridine rings is 1. The van der Waals surface area contributed by atoms with Crippen LogP contribution < -0.4 is 5.32 Å². The molecule has 2 N–H and O–H groups in total. The average molecular weight is 318 g/mol. The van der Waals surface area contributed by atoms with E-state index in [0.717, 1.165) is 0 Å². The Kier molecular flexibility index (Phi) is 4.14. The number of benzene rings is 1. The molecule has 0 radical (unpaired) electrons. The van der Waals surface area contributed by atoms with Gasteiger partial charge >= 0.3 is 5.97 Å². The van der Waals surface area contributed by atoms with E-state index >= 15 is 0 Å². The molecule has 2 aromatic rings. The van der Waals surface area contributed by atoms with Gasteiger partial charge in [-0.3, -0.25) is 0 Å². The third-order valence-electron chi connectivity index (χ3n) is 2.30. The third-order valence-corrected chi connectivity index (χ3v) is 3.34. The first-order valence-electron chi connectivity index (χ1n) is 5.09. The number of aromatic nitrogens is 1. The minimum atomic E-state index is -1.09. The number of nitrogens with one attached hydrogen (secondary N) is 1. The van der Waals surface area contributed by atoms with Crippen LogP contribution in [0, 0.1) is 0 Å². The third kappa shape index (κ3) is 3.10. The quantitative estimate of drug-likeness (QED) is 0.819. The van der Waals surface area contributed by atoms with E-state index in [9.17, 15) is 4.79 Å². The summed E-state index contributed by atoms with van der Waals surface area (Å²) in [6.07, 6.45) is 1.47. The molecule has 0 saturated heterocycles. The molecule has 1 aromatic carbocycles. The van der Waals surface area contributed by atoms with Gasteiger partial charge in [-0.25, -0.2) is 9.78 Å². The van der Waals surface area contributed by atoms with E-state index in [-0.39, 0.29) is 11.4 Å². The Hall–Kier alpha value is -1.49. The summed E-state index contributed by atoms with van der Waals surface area (Å²) in [7, 11) is 0. The lowest BCUT2D eigenvalue weighted by molar-refractivity contribution is 0.0697. The van der Waals surface area contributed by atoms with Crippen LogP contribution in [-0.2, 0) is 0 Å². The van der Waals surface area contributed by atoms with Crippen molar-refractivity contribution in [2.75, 3.05) is 5.32 Å². The highest BCUT2D eigenvalue weighted by Gasteiger charge is 2.13. The van der Waals surface area contributed by atoms with Crippen LogP contribution in [0.5, 0.6) is 0 Å². The highest BCUT2D eigenvalue weighted by atomic mass is 35.5. The molecule has 0 spiro atoms. The van der Waals surface area contributed by atoms with Crippen molar-refractivity contribution in [2.45, 2.75) is 0 Å². The lowest BCUT2D eigenvalue weighted by Crippen LogP contribution is -2.04. The van der Waals surface area contributed by atoms with Crippen molar-refractivity contribution >= 4 is 52.3 Å². The summed E-state index contributed by atoms with van der Waals surface area (Å²) in [5, 5.41) is 12.8. The van der Waals surface area contributed by atoms with Crippen molar-refractivity contribution < 1.29 is 9.90 Å². The molecule has 98 valence electrons. The summed E-state index contributed by atoms with van der Waals surface area (Å²) in [6.45, 7) is 0. The van der Waals surface area contributed by atoms with Gasteiger partial charge in [-0.2, -0.15) is 0 Å². The normalized spacial score (nSPS) is 10.3. The Morgan fingerprint density at radius 3 is 2.53 bits per heavy atom. The summed E-state index contributed by atoms with van der Waals surface area (Å²) in [5.74, 6) is -0.915. The van der Waals surface area contributed by atoms with Crippen LogP contribution in [0.2, 0.25) is 15.1 Å². The Labute approximate surface area is 123 Å². The van der Waals surface area contributed by atoms with Crippen LogP contribution in [0.15, 0.2) is 30.5 Å². The summed E-state index contributed by atoms with van der Waals surface area (Å²) in [4.78, 5) is 15.0. The molecule has 0 fully saturated rings. The highest BCUT2D eigenvalue weighted by molar-refractivity contribution is 6.44. The summed E-state index contributed by atoms with van der Waals surface area (Å²) < 4.78 is 0. The molecule has 0 bridgehead atoms. The van der Waals surface area contributed by atoms with E-state index in [4.69, 9.17) is 39.9 Å². The monoisotopic (exact) mass is 316 g/mol. The standard InChI is InChI=1S/C12H7Cl3N2O2/c13-7-4-9(15)10(5-8(7)14)17-11-6(12(18)19)2-1-3-16-11/h1-5H,(H,16,17)(H,18,19). The first-order chi connectivity index (χ1) is 8.99. The molecule has 0 atom stereocenters. The van der Waals surface area contributed by atoms with Gasteiger partial charge in [-0.05, 0) is 24.3 Å². The Balaban J connectivity index is 2.42. The van der Waals surface area contributed by atoms with Gasteiger partial charge in [0, 0.05) is 6.20 Å². The second-order valence-electron chi connectivity index (χ2n) is 3.58. The van der Waals surface area contributed by atoms with Crippen LogP contribution in [0.3, 0.4) is 0 Å². The molecule has 19 heavy (non-hydrogen) atoms. The number of hydrogen-bond acceptors (Lipinski definition) is 3. The van der Waals surface area contributed by atoms with E-state index < -0.39 is 5.97 Å². The van der Waals surface area contributed by atoms with Gasteiger partial charge in [0.2, 0.25) is 0 Å². The number of nitrogens with zero attached hydrogens (tertiary/aromatic N) is 1. The largest absolute Gasteiger partial charge is 0.478 e. The van der Waals surface area contributed by atoms with E-state index in [1.807, 2.05) is 0 Å². The van der Waals surface area contributed by atoms with Crippen LogP contribution in [-0.4, -0.2) is 16.1 Å². The summed E-state index contributed by atoms with van der Waals surface area (Å²) in [6, 6.07) is 5.94. The molecule has 1 heterocycles. The number of rotatable bonds is 3. The number of aromatic carboxylic acids is 1. The van der Waals surface area contributed by atoms with Crippen LogP contribution in [0.25, 0.3) is 0 Å². The molecular weight excluding hydrogens is 311 g/mol. The maximum Gasteiger partial charge on any atom is 0.339 e. The fraction of sp³-hybridized carbons (Fsp3) is 0. The van der Waals surface area contributed by atoms with Crippen molar-refractivity contribution in [1.82, 2.24) is 4.98 Å². The topological polar surface area (TPSA) is 62.2 Å². The van der Waals surface area contributed by atoms with Gasteiger partial charge < -0.3 is 10.4 Å². The zero-order chi connectivity index (χ0) is 14.0. The van der Waals surface area contributed by atoms with Gasteiger partial charge in [0.25, 0.3) is 0 Å². The van der Waals surface area contributed by atoms with E-state index in [2.05, 4.69) is 10.3 Å². The van der Waals surface area contributed by atoms with Crippen LogP contribution >= 0.6 is 34.8 Å². The average Bonchev–Trinajstić information content (AvgIpc) is 2.36. The first kappa shape index (κ1) is 13.9. The minimum Gasteiger partial charge on any atom is -0.478 e. The number of anilines is 2. The Morgan fingerprint density at radius 2 is 1.84 bits per heavy atom. The predicted molar refractivity (Wildman–Crippen MR) is 76.0 cm³/mol. The minimum absolute atomic E-state index is 0.0321. The number of carboxylic acid groups (broad SMARTS) is 1. The first-order valence-corrected chi connectivity index (χ1v) is 6.22. The van der Waals surface area contributed by atoms with Crippen molar-refractivity contribution in [1.29, 1.82) is 0 Å². The SMILES string of the molecule is O=C(O)c1cccnc1Nc1cc(Cl)c(Cl)cc1Cl. The van der Waals surface area contributed by atoms with Gasteiger partial charge in [0.15, 0.2) is 0 Å². The second kappa shape index (κ2) is 5.65. The molecular formula is C12H7Cl3N2O2. The van der Waals surface area contributed by atoms with Crippen molar-refractivity contribution in [3.8, 4) is 0 Å². The lowest BCUT2D eigenvalue weighted by Gasteiger charge is -2.10. The van der Waals surface area contributed by atoms with Gasteiger partial charge in [-0.1, -0.05) is 34.8 Å². The Bertz CT molecular complexity index is 647. The van der Waals surface area contributed by atoms with Crippen molar-refractivity contribution in [3.05, 3.63) is 51.1 Å². The molecule has 0 aliphatic carbocycles. The number of carbonyl (C=O) groups is 1. The zero-order valence-corrected chi connectivity index (χ0v) is 11.6. The summed E-state index contributed by atoms with van der Waals surface area (Å²) >= 11 is 17.7. The molecule has 0 aliphatic heterocycles. The summed E-state index contributed by atoms with van der Waals surface area (Å²) in [5.41, 5.74) is 0.460. The van der Waals surface area contributed by atoms with Crippen LogP contribution in [0.1, 0.15) is 10.4 Å². The molecule has 2 rings (SSSR count). The molecule has 0 unspecified atom stereocenters. The molecule has 0 saturated carbocycles. The molecule has 1 aromatic heterocycles. The number of carboxylic acids is 1. The lowest BCUT2D eigenvalue weighted by atomic mass is 10.2. The fourth-order valence-corrected chi connectivity index (χ4v) is 2.02. The molecule has 4 nitrogen and oxygen atoms in total. The zero-order valence-electron chi connectivity index (χ0n) is 9.32. The molecule has 0 amide bonds. The van der Waals surface area contributed by atoms with E-state index in [0.29, 0.717) is 20.8 Å². The van der Waals surface area contributed by atoms with Crippen molar-refractivity contribution in [2.24, 2.45) is 0 Å². The molecule has 7 heteroatoms. The van der Waals surface area contributed by atoms with Crippen molar-refractivity contribution in [3.63, 3.8) is 0 Å². The smallest absolute Gasteiger partial charge is 0.339 e. The maximum absolute atomic E-state index is 11.1. The molecule has 0 aliphatic rings. The highest BCUT2D eigenvalue weighted by Crippen LogP contribution is 2.34. The maximum atomic E-state index is 11.1. The predicted octanol–water partition coefficient (Wildman–Crippen LogP) is 4.48. The second-order valence-corrected chi connectivity index (χ2v) is 4.80. The van der Waals surface area contributed by atoms with Gasteiger partial charge in [-0.15, -0.1) is 0 Å². The number of halogens is 3. The Morgan fingerprint density at radius 1 is 1.16 bits per heavy atom. The van der Waals surface area contributed by atoms with E-state index in [1.165, 1.54) is 30.5 Å². The van der Waals surface area contributed by atoms with Crippen LogP contribution in [0.4, 0.5) is 11.5 Å². The van der Waals surface area contributed by atoms with Gasteiger partial charge in [0.05, 0.1) is 20.8 Å². The number of hydrogen-bond donors (Lipinski definition) is 2. The van der Waals surface area contributed by atoms with Gasteiger partial charge in [0.1, 0.15) is 11.4 Å². The fourth-order valence-electron chi connectivity index (χ4n) is 1.42. The van der Waals surface area contributed by atoms with E-state index in [1.54, 1.807) is 0 Å².